The Morgan fingerprint density at radius 3 is 2.68 bits per heavy atom. The number of rotatable bonds is 7. The molecule has 1 amide bonds. The summed E-state index contributed by atoms with van der Waals surface area (Å²) in [5.41, 5.74) is 3.20. The Morgan fingerprint density at radius 1 is 1.13 bits per heavy atom. The van der Waals surface area contributed by atoms with Crippen molar-refractivity contribution in [3.63, 3.8) is 0 Å². The van der Waals surface area contributed by atoms with E-state index in [9.17, 15) is 4.79 Å². The number of carbonyl (C=O) groups is 1. The molecule has 0 bridgehead atoms. The smallest absolute Gasteiger partial charge is 0.254 e. The molecule has 31 heavy (non-hydrogen) atoms. The van der Waals surface area contributed by atoms with Gasteiger partial charge in [0.2, 0.25) is 6.79 Å². The minimum atomic E-state index is -0.00379. The molecule has 166 valence electrons. The molecule has 0 radical (unpaired) electrons. The van der Waals surface area contributed by atoms with E-state index in [1.54, 1.807) is 6.07 Å². The summed E-state index contributed by atoms with van der Waals surface area (Å²) < 4.78 is 16.9. The van der Waals surface area contributed by atoms with E-state index in [0.29, 0.717) is 42.7 Å². The van der Waals surface area contributed by atoms with Crippen LogP contribution in [-0.4, -0.2) is 61.4 Å². The molecular formula is C25H32N2O4. The summed E-state index contributed by atoms with van der Waals surface area (Å²) in [5.74, 6) is 1.69. The van der Waals surface area contributed by atoms with Crippen molar-refractivity contribution in [2.24, 2.45) is 5.92 Å². The van der Waals surface area contributed by atoms with Crippen LogP contribution in [0, 0.1) is 12.8 Å². The van der Waals surface area contributed by atoms with Gasteiger partial charge < -0.3 is 19.1 Å². The summed E-state index contributed by atoms with van der Waals surface area (Å²) in [6.07, 6.45) is -0.00379. The first-order valence-corrected chi connectivity index (χ1v) is 11.1. The van der Waals surface area contributed by atoms with Crippen LogP contribution in [0.25, 0.3) is 0 Å². The molecular weight excluding hydrogens is 392 g/mol. The number of amides is 1. The number of benzene rings is 2. The van der Waals surface area contributed by atoms with Crippen molar-refractivity contribution in [3.8, 4) is 11.5 Å². The van der Waals surface area contributed by atoms with E-state index in [1.807, 2.05) is 17.0 Å². The van der Waals surface area contributed by atoms with Gasteiger partial charge in [-0.25, -0.2) is 0 Å². The molecule has 1 unspecified atom stereocenters. The number of nitrogens with zero attached hydrogens (tertiary/aromatic N) is 2. The normalized spacial score (nSPS) is 18.4. The molecule has 2 aromatic carbocycles. The van der Waals surface area contributed by atoms with Gasteiger partial charge in [-0.2, -0.15) is 0 Å². The molecule has 1 saturated heterocycles. The summed E-state index contributed by atoms with van der Waals surface area (Å²) in [4.78, 5) is 17.7. The third-order valence-corrected chi connectivity index (χ3v) is 5.67. The van der Waals surface area contributed by atoms with Crippen LogP contribution < -0.4 is 9.47 Å². The quantitative estimate of drug-likeness (QED) is 0.678. The van der Waals surface area contributed by atoms with E-state index in [4.69, 9.17) is 14.2 Å². The second kappa shape index (κ2) is 9.71. The van der Waals surface area contributed by atoms with Crippen LogP contribution >= 0.6 is 0 Å². The van der Waals surface area contributed by atoms with Crippen molar-refractivity contribution in [2.75, 3.05) is 39.6 Å². The highest BCUT2D eigenvalue weighted by molar-refractivity contribution is 5.95. The molecule has 2 aliphatic heterocycles. The number of hydrogen-bond acceptors (Lipinski definition) is 5. The molecule has 0 saturated carbocycles. The van der Waals surface area contributed by atoms with E-state index in [1.165, 1.54) is 11.1 Å². The minimum Gasteiger partial charge on any atom is -0.454 e. The van der Waals surface area contributed by atoms with E-state index in [0.717, 1.165) is 19.6 Å². The first kappa shape index (κ1) is 21.7. The highest BCUT2D eigenvalue weighted by Crippen LogP contribution is 2.33. The molecule has 2 heterocycles. The number of morpholine rings is 1. The second-order valence-electron chi connectivity index (χ2n) is 8.89. The van der Waals surface area contributed by atoms with Crippen LogP contribution in [0.1, 0.15) is 35.3 Å². The molecule has 6 nitrogen and oxygen atoms in total. The largest absolute Gasteiger partial charge is 0.454 e. The molecule has 0 aliphatic carbocycles. The van der Waals surface area contributed by atoms with E-state index in [-0.39, 0.29) is 18.8 Å². The molecule has 1 fully saturated rings. The Kier molecular flexibility index (Phi) is 6.78. The van der Waals surface area contributed by atoms with Gasteiger partial charge in [-0.05, 0) is 36.6 Å². The minimum absolute atomic E-state index is 0.00379. The van der Waals surface area contributed by atoms with Gasteiger partial charge >= 0.3 is 0 Å². The zero-order chi connectivity index (χ0) is 21.8. The summed E-state index contributed by atoms with van der Waals surface area (Å²) in [7, 11) is 0. The van der Waals surface area contributed by atoms with E-state index in [2.05, 4.69) is 49.9 Å². The monoisotopic (exact) mass is 424 g/mol. The third-order valence-electron chi connectivity index (χ3n) is 5.67. The van der Waals surface area contributed by atoms with Crippen LogP contribution in [0.2, 0.25) is 0 Å². The predicted molar refractivity (Wildman–Crippen MR) is 120 cm³/mol. The third kappa shape index (κ3) is 5.57. The number of ether oxygens (including phenoxy) is 3. The number of hydrogen-bond donors (Lipinski definition) is 0. The number of aryl methyl sites for hydroxylation is 1. The fraction of sp³-hybridized carbons (Fsp3) is 0.480. The van der Waals surface area contributed by atoms with Gasteiger partial charge in [0.1, 0.15) is 0 Å². The van der Waals surface area contributed by atoms with Gasteiger partial charge in [0.15, 0.2) is 11.5 Å². The van der Waals surface area contributed by atoms with Crippen molar-refractivity contribution >= 4 is 5.91 Å². The standard InChI is InChI=1S/C25H32N2O4/c1-18(2)13-27(25(28)21-8-9-23-24(12-21)31-17-30-23)16-22-15-26(10-11-29-22)14-20-6-4-19(3)5-7-20/h4-9,12,18,22H,10-11,13-17H2,1-3H3. The Labute approximate surface area is 184 Å². The molecule has 2 aliphatic rings. The lowest BCUT2D eigenvalue weighted by Crippen LogP contribution is -2.49. The predicted octanol–water partition coefficient (Wildman–Crippen LogP) is 3.72. The fourth-order valence-electron chi connectivity index (χ4n) is 4.13. The molecule has 4 rings (SSSR count). The van der Waals surface area contributed by atoms with Crippen LogP contribution in [-0.2, 0) is 11.3 Å². The Balaban J connectivity index is 1.42. The maximum absolute atomic E-state index is 13.3. The van der Waals surface area contributed by atoms with Gasteiger partial charge in [-0.1, -0.05) is 43.7 Å². The first-order valence-electron chi connectivity index (χ1n) is 11.1. The Bertz CT molecular complexity index is 897. The highest BCUT2D eigenvalue weighted by atomic mass is 16.7. The highest BCUT2D eigenvalue weighted by Gasteiger charge is 2.27. The SMILES string of the molecule is Cc1ccc(CN2CCOC(CN(CC(C)C)C(=O)c3ccc4c(c3)OCO4)C2)cc1. The van der Waals surface area contributed by atoms with E-state index >= 15 is 0 Å². The molecule has 0 aromatic heterocycles. The summed E-state index contributed by atoms with van der Waals surface area (Å²) >= 11 is 0. The summed E-state index contributed by atoms with van der Waals surface area (Å²) in [6, 6.07) is 14.1. The number of fused-ring (bicyclic) bond motifs is 1. The zero-order valence-electron chi connectivity index (χ0n) is 18.7. The number of carbonyl (C=O) groups excluding carboxylic acids is 1. The second-order valence-corrected chi connectivity index (χ2v) is 8.89. The fourth-order valence-corrected chi connectivity index (χ4v) is 4.13. The maximum atomic E-state index is 13.3. The molecule has 6 heteroatoms. The lowest BCUT2D eigenvalue weighted by molar-refractivity contribution is -0.0438. The van der Waals surface area contributed by atoms with Crippen molar-refractivity contribution in [1.29, 1.82) is 0 Å². The average Bonchev–Trinajstić information content (AvgIpc) is 3.22. The van der Waals surface area contributed by atoms with E-state index < -0.39 is 0 Å². The lowest BCUT2D eigenvalue weighted by Gasteiger charge is -2.36. The van der Waals surface area contributed by atoms with Crippen molar-refractivity contribution in [3.05, 3.63) is 59.2 Å². The van der Waals surface area contributed by atoms with Gasteiger partial charge in [0.25, 0.3) is 5.91 Å². The van der Waals surface area contributed by atoms with Crippen LogP contribution in [0.3, 0.4) is 0 Å². The molecule has 0 N–H and O–H groups in total. The van der Waals surface area contributed by atoms with Gasteiger partial charge in [0.05, 0.1) is 12.7 Å². The Hall–Kier alpha value is -2.57. The first-order chi connectivity index (χ1) is 15.0. The lowest BCUT2D eigenvalue weighted by atomic mass is 10.1. The molecule has 2 aromatic rings. The zero-order valence-corrected chi connectivity index (χ0v) is 18.7. The van der Waals surface area contributed by atoms with Crippen LogP contribution in [0.5, 0.6) is 11.5 Å². The summed E-state index contributed by atoms with van der Waals surface area (Å²) in [6.45, 7) is 11.1. The Morgan fingerprint density at radius 2 is 1.90 bits per heavy atom. The van der Waals surface area contributed by atoms with Gasteiger partial charge in [0, 0.05) is 38.3 Å². The summed E-state index contributed by atoms with van der Waals surface area (Å²) in [5, 5.41) is 0. The van der Waals surface area contributed by atoms with Crippen molar-refractivity contribution in [2.45, 2.75) is 33.4 Å². The topological polar surface area (TPSA) is 51.2 Å². The molecule has 0 spiro atoms. The van der Waals surface area contributed by atoms with Crippen molar-refractivity contribution < 1.29 is 19.0 Å². The maximum Gasteiger partial charge on any atom is 0.254 e. The van der Waals surface area contributed by atoms with Crippen LogP contribution in [0.4, 0.5) is 0 Å². The average molecular weight is 425 g/mol. The molecule has 1 atom stereocenters. The van der Waals surface area contributed by atoms with Gasteiger partial charge in [-0.15, -0.1) is 0 Å². The van der Waals surface area contributed by atoms with Gasteiger partial charge in [-0.3, -0.25) is 9.69 Å². The van der Waals surface area contributed by atoms with Crippen LogP contribution in [0.15, 0.2) is 42.5 Å². The van der Waals surface area contributed by atoms with Crippen molar-refractivity contribution in [1.82, 2.24) is 9.80 Å².